The summed E-state index contributed by atoms with van der Waals surface area (Å²) < 4.78 is 0. The normalized spacial score (nSPS) is 15.8. The number of piperidine rings is 1. The molecule has 0 unspecified atom stereocenters. The van der Waals surface area contributed by atoms with Gasteiger partial charge in [-0.25, -0.2) is 9.97 Å². The quantitative estimate of drug-likeness (QED) is 0.472. The van der Waals surface area contributed by atoms with Crippen molar-refractivity contribution in [2.24, 2.45) is 0 Å². The minimum atomic E-state index is -0.216. The average Bonchev–Trinajstić information content (AvgIpc) is 2.90. The van der Waals surface area contributed by atoms with Gasteiger partial charge in [-0.05, 0) is 55.7 Å². The molecule has 0 spiro atoms. The van der Waals surface area contributed by atoms with Crippen molar-refractivity contribution in [3.63, 3.8) is 0 Å². The fourth-order valence-corrected chi connectivity index (χ4v) is 4.10. The van der Waals surface area contributed by atoms with Gasteiger partial charge in [0.25, 0.3) is 5.91 Å². The predicted octanol–water partition coefficient (Wildman–Crippen LogP) is 5.04. The number of carbonyl (C=O) groups excluding carboxylic acids is 1. The molecule has 33 heavy (non-hydrogen) atoms. The number of nitrogens with zero attached hydrogens (tertiary/aromatic N) is 5. The van der Waals surface area contributed by atoms with E-state index < -0.39 is 0 Å². The molecule has 1 amide bonds. The Kier molecular flexibility index (Phi) is 6.01. The third kappa shape index (κ3) is 4.72. The fraction of sp³-hybridized carbons (Fsp3) is 0.192. The van der Waals surface area contributed by atoms with Crippen molar-refractivity contribution in [3.8, 4) is 11.3 Å². The molecule has 1 aliphatic heterocycles. The van der Waals surface area contributed by atoms with E-state index in [9.17, 15) is 4.79 Å². The van der Waals surface area contributed by atoms with Gasteiger partial charge in [0.2, 0.25) is 0 Å². The first-order valence-corrected chi connectivity index (χ1v) is 11.1. The second-order valence-electron chi connectivity index (χ2n) is 7.95. The first-order chi connectivity index (χ1) is 16.3. The van der Waals surface area contributed by atoms with E-state index >= 15 is 0 Å². The number of likely N-dealkylation sites (tertiary alicyclic amines) is 1. The highest BCUT2D eigenvalue weighted by Crippen LogP contribution is 2.32. The van der Waals surface area contributed by atoms with Crippen LogP contribution in [0.3, 0.4) is 0 Å². The van der Waals surface area contributed by atoms with Crippen LogP contribution in [-0.4, -0.2) is 37.3 Å². The van der Waals surface area contributed by atoms with Crippen LogP contribution >= 0.6 is 0 Å². The minimum Gasteiger partial charge on any atom is -0.340 e. The van der Waals surface area contributed by atoms with Crippen molar-refractivity contribution in [1.82, 2.24) is 24.8 Å². The predicted molar refractivity (Wildman–Crippen MR) is 127 cm³/mol. The van der Waals surface area contributed by atoms with Crippen LogP contribution in [0.5, 0.6) is 0 Å². The number of hydrogen-bond donors (Lipinski definition) is 1. The summed E-state index contributed by atoms with van der Waals surface area (Å²) in [7, 11) is 0. The molecular weight excluding hydrogens is 412 g/mol. The number of para-hydroxylation sites is 1. The van der Waals surface area contributed by atoms with E-state index in [1.165, 1.54) is 0 Å². The summed E-state index contributed by atoms with van der Waals surface area (Å²) >= 11 is 0. The number of amides is 1. The van der Waals surface area contributed by atoms with E-state index in [-0.39, 0.29) is 11.9 Å². The number of aromatic nitrogens is 4. The van der Waals surface area contributed by atoms with Gasteiger partial charge in [-0.1, -0.05) is 24.3 Å². The number of benzene rings is 1. The topological polar surface area (TPSA) is 83.9 Å². The Morgan fingerprint density at radius 1 is 0.909 bits per heavy atom. The molecular formula is C26H24N6O. The van der Waals surface area contributed by atoms with Crippen LogP contribution in [0.2, 0.25) is 0 Å². The summed E-state index contributed by atoms with van der Waals surface area (Å²) in [6.45, 7) is 0.657. The molecule has 7 nitrogen and oxygen atoms in total. The number of rotatable bonds is 5. The molecule has 0 aliphatic carbocycles. The zero-order valence-electron chi connectivity index (χ0n) is 18.1. The fourth-order valence-electron chi connectivity index (χ4n) is 4.10. The van der Waals surface area contributed by atoms with E-state index in [4.69, 9.17) is 9.97 Å². The molecule has 164 valence electrons. The van der Waals surface area contributed by atoms with Gasteiger partial charge in [-0.15, -0.1) is 0 Å². The lowest BCUT2D eigenvalue weighted by Crippen LogP contribution is -2.39. The lowest BCUT2D eigenvalue weighted by Gasteiger charge is -2.34. The molecule has 7 heteroatoms. The molecule has 0 bridgehead atoms. The van der Waals surface area contributed by atoms with Crippen molar-refractivity contribution in [1.29, 1.82) is 0 Å². The summed E-state index contributed by atoms with van der Waals surface area (Å²) in [6, 6.07) is 20.9. The number of pyridine rings is 2. The number of nitrogens with one attached hydrogen (secondary N) is 1. The maximum Gasteiger partial charge on any atom is 0.273 e. The van der Waals surface area contributed by atoms with Gasteiger partial charge in [0.15, 0.2) is 5.82 Å². The largest absolute Gasteiger partial charge is 0.340 e. The lowest BCUT2D eigenvalue weighted by atomic mass is 10.0. The first kappa shape index (κ1) is 20.8. The van der Waals surface area contributed by atoms with Gasteiger partial charge < -0.3 is 10.2 Å². The molecule has 1 aromatic carbocycles. The zero-order chi connectivity index (χ0) is 22.5. The van der Waals surface area contributed by atoms with E-state index in [1.54, 1.807) is 24.7 Å². The zero-order valence-corrected chi connectivity index (χ0v) is 18.1. The van der Waals surface area contributed by atoms with Gasteiger partial charge in [0.1, 0.15) is 11.5 Å². The summed E-state index contributed by atoms with van der Waals surface area (Å²) in [5.41, 5.74) is 3.12. The maximum atomic E-state index is 13.3. The van der Waals surface area contributed by atoms with Gasteiger partial charge in [-0.2, -0.15) is 0 Å². The van der Waals surface area contributed by atoms with Crippen molar-refractivity contribution in [2.75, 3.05) is 11.9 Å². The standard InChI is InChI=1S/C26H24N6O/c33-26(21-10-4-6-14-28-21)32-17-7-5-11-23(32)25-30-22(19-12-15-27-16-13-19)18-24(31-25)29-20-8-2-1-3-9-20/h1-4,6,8-10,12-16,18,23H,5,7,11,17H2,(H,29,30,31)/t23-/m0/s1. The molecule has 1 saturated heterocycles. The van der Waals surface area contributed by atoms with Crippen LogP contribution < -0.4 is 5.32 Å². The van der Waals surface area contributed by atoms with Gasteiger partial charge in [-0.3, -0.25) is 14.8 Å². The third-order valence-electron chi connectivity index (χ3n) is 5.71. The second-order valence-corrected chi connectivity index (χ2v) is 7.95. The third-order valence-corrected chi connectivity index (χ3v) is 5.71. The van der Waals surface area contributed by atoms with Crippen molar-refractivity contribution in [3.05, 3.63) is 96.8 Å². The monoisotopic (exact) mass is 436 g/mol. The molecule has 4 heterocycles. The average molecular weight is 437 g/mol. The Labute approximate surface area is 192 Å². The molecule has 1 aliphatic rings. The molecule has 1 N–H and O–H groups in total. The van der Waals surface area contributed by atoms with Crippen LogP contribution in [0.1, 0.15) is 41.6 Å². The number of hydrogen-bond acceptors (Lipinski definition) is 6. The SMILES string of the molecule is O=C(c1ccccn1)N1CCCC[C@H]1c1nc(Nc2ccccc2)cc(-c2ccncc2)n1. The van der Waals surface area contributed by atoms with E-state index in [1.807, 2.05) is 65.6 Å². The van der Waals surface area contributed by atoms with Crippen molar-refractivity contribution >= 4 is 17.4 Å². The van der Waals surface area contributed by atoms with Gasteiger partial charge >= 0.3 is 0 Å². The van der Waals surface area contributed by atoms with Crippen LogP contribution in [-0.2, 0) is 0 Å². The Balaban J connectivity index is 1.55. The smallest absolute Gasteiger partial charge is 0.273 e. The van der Waals surface area contributed by atoms with E-state index in [2.05, 4.69) is 15.3 Å². The van der Waals surface area contributed by atoms with Crippen LogP contribution in [0.25, 0.3) is 11.3 Å². The highest BCUT2D eigenvalue weighted by Gasteiger charge is 2.31. The van der Waals surface area contributed by atoms with E-state index in [0.717, 1.165) is 36.2 Å². The van der Waals surface area contributed by atoms with Crippen LogP contribution in [0, 0.1) is 0 Å². The minimum absolute atomic E-state index is 0.0872. The van der Waals surface area contributed by atoms with E-state index in [0.29, 0.717) is 23.9 Å². The molecule has 1 fully saturated rings. The Morgan fingerprint density at radius 3 is 2.52 bits per heavy atom. The highest BCUT2D eigenvalue weighted by molar-refractivity contribution is 5.92. The summed E-state index contributed by atoms with van der Waals surface area (Å²) in [5.74, 6) is 1.23. The van der Waals surface area contributed by atoms with Gasteiger partial charge in [0.05, 0.1) is 11.7 Å². The Hall–Kier alpha value is -4.13. The number of carbonyl (C=O) groups is 1. The molecule has 5 rings (SSSR count). The Bertz CT molecular complexity index is 1220. The molecule has 4 aromatic rings. The summed E-state index contributed by atoms with van der Waals surface area (Å²) in [4.78, 5) is 33.3. The highest BCUT2D eigenvalue weighted by atomic mass is 16.2. The number of anilines is 2. The first-order valence-electron chi connectivity index (χ1n) is 11.1. The van der Waals surface area contributed by atoms with Crippen molar-refractivity contribution < 1.29 is 4.79 Å². The summed E-state index contributed by atoms with van der Waals surface area (Å²) in [5, 5.41) is 3.39. The molecule has 3 aromatic heterocycles. The van der Waals surface area contributed by atoms with Crippen LogP contribution in [0.15, 0.2) is 85.3 Å². The molecule has 0 radical (unpaired) electrons. The lowest BCUT2D eigenvalue weighted by molar-refractivity contribution is 0.0594. The van der Waals surface area contributed by atoms with Gasteiger partial charge in [0, 0.05) is 42.5 Å². The maximum absolute atomic E-state index is 13.3. The van der Waals surface area contributed by atoms with Crippen molar-refractivity contribution in [2.45, 2.75) is 25.3 Å². The summed E-state index contributed by atoms with van der Waals surface area (Å²) in [6.07, 6.45) is 7.92. The molecule has 0 saturated carbocycles. The van der Waals surface area contributed by atoms with Crippen LogP contribution in [0.4, 0.5) is 11.5 Å². The Morgan fingerprint density at radius 2 is 1.73 bits per heavy atom. The molecule has 1 atom stereocenters. The second kappa shape index (κ2) is 9.56.